The van der Waals surface area contributed by atoms with E-state index in [0.29, 0.717) is 0 Å². The van der Waals surface area contributed by atoms with E-state index in [-0.39, 0.29) is 34.9 Å². The van der Waals surface area contributed by atoms with Crippen molar-refractivity contribution in [2.75, 3.05) is 11.9 Å². The van der Waals surface area contributed by atoms with Gasteiger partial charge in [-0.3, -0.25) is 9.59 Å². The largest absolute Gasteiger partial charge is 0.343 e. The molecule has 144 valence electrons. The van der Waals surface area contributed by atoms with Gasteiger partial charge in [0.25, 0.3) is 5.91 Å². The number of benzene rings is 2. The van der Waals surface area contributed by atoms with Crippen LogP contribution in [0.2, 0.25) is 5.02 Å². The van der Waals surface area contributed by atoms with Crippen LogP contribution < -0.4 is 10.6 Å². The van der Waals surface area contributed by atoms with Crippen molar-refractivity contribution in [2.24, 2.45) is 0 Å². The molecule has 0 heterocycles. The first-order chi connectivity index (χ1) is 12.7. The molecule has 0 aliphatic rings. The van der Waals surface area contributed by atoms with E-state index < -0.39 is 11.7 Å². The lowest BCUT2D eigenvalue weighted by molar-refractivity contribution is -0.115. The summed E-state index contributed by atoms with van der Waals surface area (Å²) in [5, 5.41) is 5.32. The quantitative estimate of drug-likeness (QED) is 0.721. The predicted molar refractivity (Wildman–Crippen MR) is 107 cm³/mol. The first kappa shape index (κ1) is 20.9. The van der Waals surface area contributed by atoms with Gasteiger partial charge in [0, 0.05) is 5.69 Å². The Bertz CT molecular complexity index is 804. The predicted octanol–water partition coefficient (Wildman–Crippen LogP) is 5.09. The minimum absolute atomic E-state index is 0.000144. The molecule has 0 bridgehead atoms. The summed E-state index contributed by atoms with van der Waals surface area (Å²) in [5.41, 5.74) is 2.55. The number of halogens is 2. The van der Waals surface area contributed by atoms with Gasteiger partial charge in [-0.1, -0.05) is 63.6 Å². The van der Waals surface area contributed by atoms with Gasteiger partial charge in [-0.2, -0.15) is 0 Å². The Balaban J connectivity index is 2.14. The molecule has 2 aromatic rings. The van der Waals surface area contributed by atoms with Gasteiger partial charge in [0.2, 0.25) is 5.91 Å². The number of carbonyl (C=O) groups excluding carboxylic acids is 2. The molecule has 0 spiro atoms. The highest BCUT2D eigenvalue weighted by Gasteiger charge is 2.18. The lowest BCUT2D eigenvalue weighted by Gasteiger charge is -2.20. The third kappa shape index (κ3) is 5.07. The molecule has 27 heavy (non-hydrogen) atoms. The summed E-state index contributed by atoms with van der Waals surface area (Å²) < 4.78 is 13.8. The van der Waals surface area contributed by atoms with E-state index in [0.717, 1.165) is 22.9 Å². The molecule has 2 N–H and O–H groups in total. The maximum atomic E-state index is 13.8. The Kier molecular flexibility index (Phi) is 6.97. The number of carbonyl (C=O) groups is 2. The normalized spacial score (nSPS) is 11.0. The van der Waals surface area contributed by atoms with Crippen molar-refractivity contribution in [3.05, 3.63) is 63.9 Å². The zero-order valence-corrected chi connectivity index (χ0v) is 16.7. The monoisotopic (exact) mass is 390 g/mol. The van der Waals surface area contributed by atoms with Gasteiger partial charge in [-0.05, 0) is 35.1 Å². The minimum Gasteiger partial charge on any atom is -0.343 e. The van der Waals surface area contributed by atoms with E-state index in [4.69, 9.17) is 11.6 Å². The number of amides is 2. The number of anilines is 1. The van der Waals surface area contributed by atoms with E-state index in [1.54, 1.807) is 0 Å². The van der Waals surface area contributed by atoms with Crippen LogP contribution in [0.25, 0.3) is 0 Å². The fraction of sp³-hybridized carbons (Fsp3) is 0.333. The van der Waals surface area contributed by atoms with Gasteiger partial charge in [0.1, 0.15) is 5.82 Å². The molecule has 2 amide bonds. The molecule has 2 rings (SSSR count). The van der Waals surface area contributed by atoms with Gasteiger partial charge in [-0.25, -0.2) is 4.39 Å². The Labute approximate surface area is 164 Å². The first-order valence-electron chi connectivity index (χ1n) is 8.87. The lowest BCUT2D eigenvalue weighted by Crippen LogP contribution is -2.34. The van der Waals surface area contributed by atoms with Crippen LogP contribution >= 0.6 is 11.6 Å². The Hall–Kier alpha value is -2.40. The van der Waals surface area contributed by atoms with Crippen molar-refractivity contribution in [3.8, 4) is 0 Å². The summed E-state index contributed by atoms with van der Waals surface area (Å²) in [5.74, 6) is -1.38. The molecule has 0 aliphatic heterocycles. The molecule has 0 saturated carbocycles. The summed E-state index contributed by atoms with van der Waals surface area (Å²) in [7, 11) is 0. The number of rotatable bonds is 6. The van der Waals surface area contributed by atoms with E-state index >= 15 is 0 Å². The summed E-state index contributed by atoms with van der Waals surface area (Å²) in [6.07, 6.45) is 0. The van der Waals surface area contributed by atoms with Crippen LogP contribution in [0.3, 0.4) is 0 Å². The summed E-state index contributed by atoms with van der Waals surface area (Å²) in [6, 6.07) is 9.91. The average molecular weight is 391 g/mol. The van der Waals surface area contributed by atoms with Gasteiger partial charge >= 0.3 is 0 Å². The molecule has 0 aliphatic carbocycles. The lowest BCUT2D eigenvalue weighted by atomic mass is 9.92. The van der Waals surface area contributed by atoms with E-state index in [1.165, 1.54) is 12.1 Å². The van der Waals surface area contributed by atoms with Gasteiger partial charge in [0.05, 0.1) is 17.1 Å². The molecule has 4 nitrogen and oxygen atoms in total. The van der Waals surface area contributed by atoms with Crippen molar-refractivity contribution in [2.45, 2.75) is 39.5 Å². The molecular formula is C21H24ClFN2O2. The van der Waals surface area contributed by atoms with Crippen LogP contribution in [-0.4, -0.2) is 18.4 Å². The van der Waals surface area contributed by atoms with Gasteiger partial charge in [-0.15, -0.1) is 0 Å². The Morgan fingerprint density at radius 3 is 2.07 bits per heavy atom. The van der Waals surface area contributed by atoms with Gasteiger partial charge in [0.15, 0.2) is 0 Å². The fourth-order valence-corrected chi connectivity index (χ4v) is 3.09. The third-order valence-corrected chi connectivity index (χ3v) is 4.55. The molecular weight excluding hydrogens is 367 g/mol. The number of nitrogens with one attached hydrogen (secondary N) is 2. The average Bonchev–Trinajstić information content (AvgIpc) is 2.59. The van der Waals surface area contributed by atoms with Crippen LogP contribution in [0.5, 0.6) is 0 Å². The highest BCUT2D eigenvalue weighted by Crippen LogP contribution is 2.32. The molecule has 0 radical (unpaired) electrons. The third-order valence-electron chi connectivity index (χ3n) is 4.24. The van der Waals surface area contributed by atoms with E-state index in [2.05, 4.69) is 38.3 Å². The van der Waals surface area contributed by atoms with Crippen molar-refractivity contribution >= 4 is 29.1 Å². The SMILES string of the molecule is CC(C)c1cccc(C(C)C)c1NC(=O)CNC(=O)c1c(F)cccc1Cl. The molecule has 6 heteroatoms. The zero-order valence-electron chi connectivity index (χ0n) is 15.9. The van der Waals surface area contributed by atoms with Crippen molar-refractivity contribution in [1.82, 2.24) is 5.32 Å². The first-order valence-corrected chi connectivity index (χ1v) is 9.25. The standard InChI is InChI=1S/C21H24ClFN2O2/c1-12(2)14-7-5-8-15(13(3)4)20(14)25-18(26)11-24-21(27)19-16(22)9-6-10-17(19)23/h5-10,12-13H,11H2,1-4H3,(H,24,27)(H,25,26). The van der Waals surface area contributed by atoms with E-state index in [1.807, 2.05) is 18.2 Å². The van der Waals surface area contributed by atoms with Crippen LogP contribution in [0.4, 0.5) is 10.1 Å². The summed E-state index contributed by atoms with van der Waals surface area (Å²) in [6.45, 7) is 7.93. The van der Waals surface area contributed by atoms with Crippen molar-refractivity contribution in [1.29, 1.82) is 0 Å². The maximum absolute atomic E-state index is 13.8. The molecule has 0 aromatic heterocycles. The van der Waals surface area contributed by atoms with Gasteiger partial charge < -0.3 is 10.6 Å². The molecule has 0 fully saturated rings. The number of para-hydroxylation sites is 1. The second-order valence-electron chi connectivity index (χ2n) is 6.95. The highest BCUT2D eigenvalue weighted by molar-refractivity contribution is 6.33. The van der Waals surface area contributed by atoms with Crippen LogP contribution in [0.15, 0.2) is 36.4 Å². The zero-order chi connectivity index (χ0) is 20.1. The maximum Gasteiger partial charge on any atom is 0.256 e. The van der Waals surface area contributed by atoms with Crippen molar-refractivity contribution in [3.63, 3.8) is 0 Å². The molecule has 0 saturated heterocycles. The highest BCUT2D eigenvalue weighted by atomic mass is 35.5. The van der Waals surface area contributed by atoms with E-state index in [9.17, 15) is 14.0 Å². The Morgan fingerprint density at radius 2 is 1.56 bits per heavy atom. The topological polar surface area (TPSA) is 58.2 Å². The summed E-state index contributed by atoms with van der Waals surface area (Å²) in [4.78, 5) is 24.6. The Morgan fingerprint density at radius 1 is 1.00 bits per heavy atom. The van der Waals surface area contributed by atoms with Crippen LogP contribution in [0, 0.1) is 5.82 Å². The number of hydrogen-bond donors (Lipinski definition) is 2. The minimum atomic E-state index is -0.729. The van der Waals surface area contributed by atoms with Crippen LogP contribution in [0.1, 0.15) is 61.0 Å². The molecule has 0 atom stereocenters. The van der Waals surface area contributed by atoms with Crippen molar-refractivity contribution < 1.29 is 14.0 Å². The molecule has 2 aromatic carbocycles. The fourth-order valence-electron chi connectivity index (χ4n) is 2.84. The smallest absolute Gasteiger partial charge is 0.256 e. The number of hydrogen-bond acceptors (Lipinski definition) is 2. The second-order valence-corrected chi connectivity index (χ2v) is 7.36. The van der Waals surface area contributed by atoms with Crippen LogP contribution in [-0.2, 0) is 4.79 Å². The molecule has 0 unspecified atom stereocenters. The summed E-state index contributed by atoms with van der Waals surface area (Å²) >= 11 is 5.88. The second kappa shape index (κ2) is 9.00.